The highest BCUT2D eigenvalue weighted by Crippen LogP contribution is 2.38. The maximum absolute atomic E-state index is 14.3. The average Bonchev–Trinajstić information content (AvgIpc) is 3.67. The summed E-state index contributed by atoms with van der Waals surface area (Å²) in [7, 11) is 0. The number of likely N-dealkylation sites (tertiary alicyclic amines) is 1. The monoisotopic (exact) mass is 621 g/mol. The number of fused-ring (bicyclic) bond motifs is 2. The predicted octanol–water partition coefficient (Wildman–Crippen LogP) is 3.39. The molecule has 1 saturated heterocycles. The molecule has 1 aromatic heterocycles. The third-order valence-electron chi connectivity index (χ3n) is 7.90. The van der Waals surface area contributed by atoms with Crippen LogP contribution in [0.5, 0.6) is 0 Å². The number of aromatic nitrogens is 2. The highest BCUT2D eigenvalue weighted by molar-refractivity contribution is 6.31. The first kappa shape index (κ1) is 29.4. The number of hydrogen-bond donors (Lipinski definition) is 4. The number of halogens is 5. The van der Waals surface area contributed by atoms with E-state index in [2.05, 4.69) is 20.9 Å². The molecule has 43 heavy (non-hydrogen) atoms. The smallest absolute Gasteiger partial charge is 0.327 e. The Labute approximate surface area is 248 Å². The molecule has 15 heteroatoms. The highest BCUT2D eigenvalue weighted by Gasteiger charge is 2.37. The Kier molecular flexibility index (Phi) is 8.02. The van der Waals surface area contributed by atoms with Gasteiger partial charge in [-0.15, -0.1) is 0 Å². The topological polar surface area (TPSA) is 115 Å². The Morgan fingerprint density at radius 1 is 1.19 bits per heavy atom. The first-order chi connectivity index (χ1) is 20.6. The minimum absolute atomic E-state index is 0.00240. The van der Waals surface area contributed by atoms with Crippen LogP contribution >= 0.6 is 11.6 Å². The Morgan fingerprint density at radius 3 is 2.74 bits per heavy atom. The number of alkyl halides is 1. The van der Waals surface area contributed by atoms with Gasteiger partial charge in [0.1, 0.15) is 18.5 Å². The van der Waals surface area contributed by atoms with E-state index in [0.29, 0.717) is 38.0 Å². The number of rotatable bonds is 7. The number of carbonyl (C=O) groups is 2. The Morgan fingerprint density at radius 2 is 1.98 bits per heavy atom. The molecule has 3 aliphatic rings. The van der Waals surface area contributed by atoms with Gasteiger partial charge in [0, 0.05) is 49.4 Å². The van der Waals surface area contributed by atoms with E-state index in [1.54, 1.807) is 0 Å². The van der Waals surface area contributed by atoms with Crippen molar-refractivity contribution in [2.45, 2.75) is 37.8 Å². The van der Waals surface area contributed by atoms with Crippen molar-refractivity contribution in [2.75, 3.05) is 42.9 Å². The van der Waals surface area contributed by atoms with Gasteiger partial charge in [0.05, 0.1) is 17.4 Å². The normalized spacial score (nSPS) is 20.6. The first-order valence-corrected chi connectivity index (χ1v) is 14.2. The third kappa shape index (κ3) is 5.79. The van der Waals surface area contributed by atoms with Crippen LogP contribution in [0.1, 0.15) is 41.3 Å². The van der Waals surface area contributed by atoms with E-state index in [0.717, 1.165) is 24.3 Å². The van der Waals surface area contributed by atoms with Gasteiger partial charge < -0.3 is 15.0 Å². The lowest BCUT2D eigenvalue weighted by atomic mass is 10.0. The molecule has 4 heterocycles. The fraction of sp³-hybridized carbons (Fsp3) is 0.393. The van der Waals surface area contributed by atoms with Gasteiger partial charge in [-0.05, 0) is 42.7 Å². The molecule has 3 aromatic rings. The van der Waals surface area contributed by atoms with E-state index in [-0.39, 0.29) is 53.2 Å². The van der Waals surface area contributed by atoms with Crippen LogP contribution in [0.2, 0.25) is 5.02 Å². The average molecular weight is 622 g/mol. The van der Waals surface area contributed by atoms with Gasteiger partial charge in [0.15, 0.2) is 29.5 Å². The van der Waals surface area contributed by atoms with Crippen molar-refractivity contribution in [3.8, 4) is 0 Å². The zero-order valence-electron chi connectivity index (χ0n) is 22.7. The molecule has 6 rings (SSSR count). The molecule has 0 spiro atoms. The van der Waals surface area contributed by atoms with Crippen molar-refractivity contribution < 1.29 is 32.3 Å². The molecule has 3 aliphatic heterocycles. The third-order valence-corrected chi connectivity index (χ3v) is 8.24. The number of urea groups is 1. The summed E-state index contributed by atoms with van der Waals surface area (Å²) in [5.74, 6) is -3.26. The van der Waals surface area contributed by atoms with Gasteiger partial charge in [0.25, 0.3) is 0 Å². The standard InChI is InChI=1S/C28H28ClF4N7O3/c29-18-2-1-15(30)10-17(18)23-24-25(37-28(43)39-7-3-14-9-19(32)20(33)11-21(14)39)36-26(40(24)13-22(41)35-23)27(42)34-5-8-38-6-4-16(31)12-38/h1-2,9-11,16,23,27,34,42H,3-8,12-13H2,(H,35,41)(H,37,43)/t16-,23+,27?/m1/s1. The largest absolute Gasteiger partial charge is 0.371 e. The van der Waals surface area contributed by atoms with Crippen molar-refractivity contribution in [1.82, 2.24) is 25.1 Å². The number of aliphatic hydroxyl groups excluding tert-OH is 1. The molecule has 0 radical (unpaired) electrons. The summed E-state index contributed by atoms with van der Waals surface area (Å²) in [4.78, 5) is 33.9. The van der Waals surface area contributed by atoms with Crippen LogP contribution in [0.25, 0.3) is 0 Å². The number of nitrogens with one attached hydrogen (secondary N) is 3. The minimum Gasteiger partial charge on any atom is -0.371 e. The molecule has 3 atom stereocenters. The van der Waals surface area contributed by atoms with Crippen molar-refractivity contribution in [3.05, 3.63) is 75.5 Å². The number of hydrogen-bond acceptors (Lipinski definition) is 6. The van der Waals surface area contributed by atoms with Crippen molar-refractivity contribution in [3.63, 3.8) is 0 Å². The summed E-state index contributed by atoms with van der Waals surface area (Å²) in [5, 5.41) is 19.6. The van der Waals surface area contributed by atoms with Gasteiger partial charge in [-0.3, -0.25) is 25.2 Å². The van der Waals surface area contributed by atoms with Crippen molar-refractivity contribution in [2.24, 2.45) is 0 Å². The second-order valence-corrected chi connectivity index (χ2v) is 11.1. The fourth-order valence-corrected chi connectivity index (χ4v) is 6.05. The number of carbonyl (C=O) groups excluding carboxylic acids is 2. The van der Waals surface area contributed by atoms with Crippen LogP contribution in [0, 0.1) is 17.5 Å². The van der Waals surface area contributed by atoms with E-state index in [4.69, 9.17) is 11.6 Å². The van der Waals surface area contributed by atoms with Gasteiger partial charge in [-0.1, -0.05) is 11.6 Å². The van der Waals surface area contributed by atoms with Crippen LogP contribution in [-0.4, -0.2) is 70.4 Å². The van der Waals surface area contributed by atoms with Gasteiger partial charge in [-0.25, -0.2) is 27.3 Å². The molecule has 1 unspecified atom stereocenters. The molecule has 1 fully saturated rings. The lowest BCUT2D eigenvalue weighted by Crippen LogP contribution is -2.41. The van der Waals surface area contributed by atoms with Crippen LogP contribution < -0.4 is 20.9 Å². The fourth-order valence-electron chi connectivity index (χ4n) is 5.82. The SMILES string of the molecule is O=C1Cn2c(C(O)NCCN3CC[C@@H](F)C3)nc(NC(=O)N3CCc4cc(F)c(F)cc43)c2[C@H](c2cc(F)ccc2Cl)N1. The van der Waals surface area contributed by atoms with E-state index in [1.807, 2.05) is 4.90 Å². The summed E-state index contributed by atoms with van der Waals surface area (Å²) < 4.78 is 57.1. The van der Waals surface area contributed by atoms with E-state index in [9.17, 15) is 32.3 Å². The van der Waals surface area contributed by atoms with Crippen LogP contribution in [0.4, 0.5) is 33.9 Å². The van der Waals surface area contributed by atoms with Crippen molar-refractivity contribution in [1.29, 1.82) is 0 Å². The molecule has 2 aromatic carbocycles. The zero-order valence-corrected chi connectivity index (χ0v) is 23.5. The summed E-state index contributed by atoms with van der Waals surface area (Å²) in [5.41, 5.74) is 1.07. The second kappa shape index (κ2) is 11.8. The lowest BCUT2D eigenvalue weighted by Gasteiger charge is -2.29. The molecular weight excluding hydrogens is 594 g/mol. The molecular formula is C28H28ClF4N7O3. The Bertz CT molecular complexity index is 1590. The van der Waals surface area contributed by atoms with Gasteiger partial charge in [-0.2, -0.15) is 0 Å². The number of benzene rings is 2. The summed E-state index contributed by atoms with van der Waals surface area (Å²) >= 11 is 6.40. The molecule has 4 N–H and O–H groups in total. The molecule has 228 valence electrons. The van der Waals surface area contributed by atoms with Gasteiger partial charge in [0.2, 0.25) is 5.91 Å². The maximum Gasteiger partial charge on any atom is 0.327 e. The summed E-state index contributed by atoms with van der Waals surface area (Å²) in [6.45, 7) is 1.50. The zero-order chi connectivity index (χ0) is 30.4. The van der Waals surface area contributed by atoms with Crippen LogP contribution in [-0.2, 0) is 17.8 Å². The van der Waals surface area contributed by atoms with Gasteiger partial charge >= 0.3 is 6.03 Å². The first-order valence-electron chi connectivity index (χ1n) is 13.8. The predicted molar refractivity (Wildman–Crippen MR) is 149 cm³/mol. The number of amides is 3. The molecule has 0 saturated carbocycles. The Hall–Kier alpha value is -3.72. The number of anilines is 2. The lowest BCUT2D eigenvalue weighted by molar-refractivity contribution is -0.123. The molecule has 0 bridgehead atoms. The number of aliphatic hydroxyl groups is 1. The van der Waals surface area contributed by atoms with E-state index < -0.39 is 47.8 Å². The maximum atomic E-state index is 14.3. The minimum atomic E-state index is -1.40. The van der Waals surface area contributed by atoms with Crippen molar-refractivity contribution >= 4 is 35.0 Å². The van der Waals surface area contributed by atoms with Crippen LogP contribution in [0.15, 0.2) is 30.3 Å². The van der Waals surface area contributed by atoms with Crippen LogP contribution in [0.3, 0.4) is 0 Å². The van der Waals surface area contributed by atoms with E-state index in [1.165, 1.54) is 15.5 Å². The molecule has 3 amide bonds. The molecule has 0 aliphatic carbocycles. The molecule has 10 nitrogen and oxygen atoms in total. The number of imidazole rings is 1. The number of nitrogens with zero attached hydrogens (tertiary/aromatic N) is 4. The quantitative estimate of drug-likeness (QED) is 0.238. The van der Waals surface area contributed by atoms with E-state index >= 15 is 0 Å². The summed E-state index contributed by atoms with van der Waals surface area (Å²) in [6, 6.07) is 3.86. The highest BCUT2D eigenvalue weighted by atomic mass is 35.5. The second-order valence-electron chi connectivity index (χ2n) is 10.7. The Balaban J connectivity index is 1.33. The summed E-state index contributed by atoms with van der Waals surface area (Å²) in [6.07, 6.45) is -1.54.